The highest BCUT2D eigenvalue weighted by Crippen LogP contribution is 2.39. The molecule has 1 atom stereocenters. The molecule has 2 heterocycles. The van der Waals surface area contributed by atoms with E-state index in [9.17, 15) is 24.8 Å². The summed E-state index contributed by atoms with van der Waals surface area (Å²) in [6.45, 7) is 0. The van der Waals surface area contributed by atoms with E-state index in [1.165, 1.54) is 25.3 Å². The molecule has 172 valence electrons. The molecule has 0 aliphatic carbocycles. The number of hydrogen-bond donors (Lipinski definition) is 1. The third-order valence-electron chi connectivity index (χ3n) is 5.00. The van der Waals surface area contributed by atoms with Gasteiger partial charge in [0.2, 0.25) is 0 Å². The van der Waals surface area contributed by atoms with Crippen molar-refractivity contribution in [2.45, 2.75) is 6.04 Å². The van der Waals surface area contributed by atoms with E-state index in [1.807, 2.05) is 0 Å². The Morgan fingerprint density at radius 3 is 2.62 bits per heavy atom. The number of thioether (sulfide) groups is 1. The summed E-state index contributed by atoms with van der Waals surface area (Å²) < 4.78 is 10.9. The number of ether oxygens (including phenoxy) is 1. The molecular weight excluding hydrogens is 480 g/mol. The fourth-order valence-corrected chi connectivity index (χ4v) is 4.74. The van der Waals surface area contributed by atoms with Gasteiger partial charge < -0.3 is 14.3 Å². The van der Waals surface area contributed by atoms with E-state index in [0.29, 0.717) is 11.3 Å². The molecule has 1 aliphatic heterocycles. The molecule has 11 heteroatoms. The average Bonchev–Trinajstić information content (AvgIpc) is 3.39. The fraction of sp³-hybridized carbons (Fsp3) is 0.0870. The van der Waals surface area contributed by atoms with Gasteiger partial charge in [-0.1, -0.05) is 54.3 Å². The van der Waals surface area contributed by atoms with Crippen molar-refractivity contribution in [1.82, 2.24) is 4.90 Å². The number of thiocarbonyl (C=S) groups is 1. The summed E-state index contributed by atoms with van der Waals surface area (Å²) in [6.07, 6.45) is 1.43. The number of nitro benzene ring substituents is 1. The van der Waals surface area contributed by atoms with Crippen molar-refractivity contribution in [2.75, 3.05) is 7.11 Å². The van der Waals surface area contributed by atoms with Gasteiger partial charge in [0.25, 0.3) is 11.6 Å². The van der Waals surface area contributed by atoms with Crippen molar-refractivity contribution < 1.29 is 28.8 Å². The lowest BCUT2D eigenvalue weighted by molar-refractivity contribution is -0.384. The van der Waals surface area contributed by atoms with Crippen LogP contribution >= 0.6 is 24.0 Å². The second kappa shape index (κ2) is 9.49. The molecule has 2 aromatic carbocycles. The summed E-state index contributed by atoms with van der Waals surface area (Å²) in [7, 11) is 1.41. The smallest absolute Gasteiger partial charge is 0.331 e. The minimum Gasteiger partial charge on any atom is -0.497 e. The highest BCUT2D eigenvalue weighted by atomic mass is 32.2. The third-order valence-corrected chi connectivity index (χ3v) is 6.33. The van der Waals surface area contributed by atoms with E-state index in [0.717, 1.165) is 16.7 Å². The number of nitrogens with zero attached hydrogens (tertiary/aromatic N) is 2. The van der Waals surface area contributed by atoms with E-state index in [4.69, 9.17) is 21.4 Å². The second-order valence-corrected chi connectivity index (χ2v) is 8.72. The number of rotatable bonds is 7. The van der Waals surface area contributed by atoms with Crippen molar-refractivity contribution >= 4 is 51.9 Å². The number of carboxylic acids is 1. The lowest BCUT2D eigenvalue weighted by atomic mass is 10.1. The molecular formula is C23H16N2O7S2. The summed E-state index contributed by atoms with van der Waals surface area (Å²) in [4.78, 5) is 37.2. The zero-order valence-corrected chi connectivity index (χ0v) is 19.2. The lowest BCUT2D eigenvalue weighted by Gasteiger charge is -2.23. The molecule has 1 aromatic heterocycles. The minimum absolute atomic E-state index is 0.102. The van der Waals surface area contributed by atoms with E-state index in [-0.39, 0.29) is 32.0 Å². The van der Waals surface area contributed by atoms with Gasteiger partial charge in [0, 0.05) is 6.08 Å². The van der Waals surface area contributed by atoms with Crippen molar-refractivity contribution in [3.63, 3.8) is 0 Å². The molecule has 0 radical (unpaired) electrons. The Labute approximate surface area is 202 Å². The van der Waals surface area contributed by atoms with Crippen LogP contribution in [0.1, 0.15) is 17.4 Å². The molecule has 1 fully saturated rings. The monoisotopic (exact) mass is 496 g/mol. The maximum Gasteiger partial charge on any atom is 0.331 e. The van der Waals surface area contributed by atoms with Crippen molar-refractivity contribution in [1.29, 1.82) is 0 Å². The molecule has 1 amide bonds. The fourth-order valence-electron chi connectivity index (χ4n) is 3.44. The van der Waals surface area contributed by atoms with Crippen molar-refractivity contribution in [2.24, 2.45) is 0 Å². The Hall–Kier alpha value is -3.96. The predicted octanol–water partition coefficient (Wildman–Crippen LogP) is 4.89. The van der Waals surface area contributed by atoms with Crippen LogP contribution in [-0.4, -0.2) is 38.2 Å². The van der Waals surface area contributed by atoms with Crippen LogP contribution < -0.4 is 4.74 Å². The van der Waals surface area contributed by atoms with Gasteiger partial charge >= 0.3 is 5.97 Å². The molecule has 34 heavy (non-hydrogen) atoms. The van der Waals surface area contributed by atoms with Gasteiger partial charge in [0.1, 0.15) is 21.6 Å². The average molecular weight is 497 g/mol. The number of furan rings is 1. The zero-order chi connectivity index (χ0) is 24.4. The predicted molar refractivity (Wildman–Crippen MR) is 129 cm³/mol. The SMILES string of the molecule is COc1ccc(-c2ccc(/C=C3\SC(=S)N(C(C(=O)O)c4ccccc4)C3=O)o2)c([N+](=O)[O-])c1. The van der Waals surface area contributed by atoms with Crippen LogP contribution in [0.25, 0.3) is 17.4 Å². The van der Waals surface area contributed by atoms with Gasteiger partial charge in [-0.3, -0.25) is 19.8 Å². The summed E-state index contributed by atoms with van der Waals surface area (Å²) >= 11 is 6.26. The summed E-state index contributed by atoms with van der Waals surface area (Å²) in [5, 5.41) is 21.3. The number of carbonyl (C=O) groups excluding carboxylic acids is 1. The number of carboxylic acid groups (broad SMARTS) is 1. The summed E-state index contributed by atoms with van der Waals surface area (Å²) in [6, 6.07) is 14.5. The molecule has 9 nitrogen and oxygen atoms in total. The lowest BCUT2D eigenvalue weighted by Crippen LogP contribution is -2.37. The van der Waals surface area contributed by atoms with E-state index in [2.05, 4.69) is 0 Å². The van der Waals surface area contributed by atoms with E-state index in [1.54, 1.807) is 48.5 Å². The molecule has 0 spiro atoms. The number of nitro groups is 1. The standard InChI is InChI=1S/C23H16N2O7S2/c1-31-14-7-9-16(17(11-14)25(29)30)18-10-8-15(32-18)12-19-21(26)24(23(33)34-19)20(22(27)28)13-5-3-2-4-6-13/h2-12,20H,1H3,(H,27,28)/b19-12-. The maximum absolute atomic E-state index is 13.1. The van der Waals surface area contributed by atoms with Crippen LogP contribution in [0.4, 0.5) is 5.69 Å². The second-order valence-electron chi connectivity index (χ2n) is 7.05. The molecule has 1 saturated heterocycles. The number of aliphatic carboxylic acids is 1. The molecule has 0 saturated carbocycles. The number of carbonyl (C=O) groups is 2. The first-order valence-corrected chi connectivity index (χ1v) is 11.0. The van der Waals surface area contributed by atoms with Crippen molar-refractivity contribution in [3.8, 4) is 17.1 Å². The maximum atomic E-state index is 13.1. The molecule has 0 bridgehead atoms. The van der Waals surface area contributed by atoms with Crippen LogP contribution in [0.3, 0.4) is 0 Å². The Balaban J connectivity index is 1.65. The van der Waals surface area contributed by atoms with Gasteiger partial charge in [-0.15, -0.1) is 0 Å². The first-order valence-electron chi connectivity index (χ1n) is 9.77. The molecule has 4 rings (SSSR count). The first kappa shape index (κ1) is 23.2. The molecule has 1 aliphatic rings. The number of amides is 1. The Morgan fingerprint density at radius 1 is 1.24 bits per heavy atom. The quantitative estimate of drug-likeness (QED) is 0.211. The summed E-state index contributed by atoms with van der Waals surface area (Å²) in [5.74, 6) is -0.969. The number of benzene rings is 2. The number of hydrogen-bond acceptors (Lipinski definition) is 8. The van der Waals surface area contributed by atoms with E-state index < -0.39 is 22.8 Å². The zero-order valence-electron chi connectivity index (χ0n) is 17.5. The van der Waals surface area contributed by atoms with Gasteiger partial charge in [-0.2, -0.15) is 0 Å². The molecule has 1 N–H and O–H groups in total. The Bertz CT molecular complexity index is 1330. The van der Waals surface area contributed by atoms with Crippen molar-refractivity contribution in [3.05, 3.63) is 87.0 Å². The van der Waals surface area contributed by atoms with Gasteiger partial charge in [-0.25, -0.2) is 4.79 Å². The van der Waals surface area contributed by atoms with Crippen LogP contribution in [0.15, 0.2) is 70.0 Å². The first-order chi connectivity index (χ1) is 16.3. The Morgan fingerprint density at radius 2 is 1.97 bits per heavy atom. The van der Waals surface area contributed by atoms with Crippen LogP contribution in [0, 0.1) is 10.1 Å². The molecule has 1 unspecified atom stereocenters. The Kier molecular flexibility index (Phi) is 6.48. The van der Waals surface area contributed by atoms with Crippen LogP contribution in [0.5, 0.6) is 5.75 Å². The highest BCUT2D eigenvalue weighted by Gasteiger charge is 2.41. The van der Waals surface area contributed by atoms with E-state index >= 15 is 0 Å². The van der Waals surface area contributed by atoms with Gasteiger partial charge in [0.05, 0.1) is 28.6 Å². The minimum atomic E-state index is -1.27. The van der Waals surface area contributed by atoms with Crippen LogP contribution in [-0.2, 0) is 9.59 Å². The van der Waals surface area contributed by atoms with Gasteiger partial charge in [0.15, 0.2) is 6.04 Å². The topological polar surface area (TPSA) is 123 Å². The highest BCUT2D eigenvalue weighted by molar-refractivity contribution is 8.26. The largest absolute Gasteiger partial charge is 0.497 e. The van der Waals surface area contributed by atoms with Gasteiger partial charge in [-0.05, 0) is 29.8 Å². The molecule has 3 aromatic rings. The third kappa shape index (κ3) is 4.43. The summed E-state index contributed by atoms with van der Waals surface area (Å²) in [5.41, 5.74) is 0.464. The van der Waals surface area contributed by atoms with Crippen LogP contribution in [0.2, 0.25) is 0 Å². The number of methoxy groups -OCH3 is 1. The normalized spacial score (nSPS) is 15.6.